The lowest BCUT2D eigenvalue weighted by molar-refractivity contribution is 0.0977. The summed E-state index contributed by atoms with van der Waals surface area (Å²) in [5, 5.41) is -0.483. The highest BCUT2D eigenvalue weighted by Gasteiger charge is 2.37. The smallest absolute Gasteiger partial charge is 0.267 e. The topological polar surface area (TPSA) is 72.5 Å². The molecular weight excluding hydrogens is 393 g/mol. The number of ether oxygens (including phenoxy) is 1. The van der Waals surface area contributed by atoms with Gasteiger partial charge in [-0.15, -0.1) is 0 Å². The van der Waals surface area contributed by atoms with Crippen LogP contribution in [0, 0.1) is 23.6 Å². The second-order valence-corrected chi connectivity index (χ2v) is 10.2. The van der Waals surface area contributed by atoms with Crippen LogP contribution in [-0.2, 0) is 10.0 Å². The van der Waals surface area contributed by atoms with E-state index in [-0.39, 0.29) is 10.8 Å². The van der Waals surface area contributed by atoms with Crippen molar-refractivity contribution in [3.63, 3.8) is 0 Å². The van der Waals surface area contributed by atoms with Crippen molar-refractivity contribution in [3.05, 3.63) is 28.5 Å². The van der Waals surface area contributed by atoms with Crippen molar-refractivity contribution in [3.8, 4) is 5.75 Å². The molecule has 5 nitrogen and oxygen atoms in total. The first-order chi connectivity index (χ1) is 12.7. The predicted octanol–water partition coefficient (Wildman–Crippen LogP) is 4.15. The molecule has 0 saturated heterocycles. The van der Waals surface area contributed by atoms with E-state index in [0.717, 1.165) is 25.0 Å². The molecule has 8 heteroatoms. The van der Waals surface area contributed by atoms with Gasteiger partial charge in [-0.05, 0) is 36.7 Å². The van der Waals surface area contributed by atoms with Crippen molar-refractivity contribution in [2.75, 3.05) is 6.61 Å². The molecule has 1 N–H and O–H groups in total. The maximum atomic E-state index is 14.4. The molecule has 0 radical (unpaired) electrons. The first kappa shape index (κ1) is 20.4. The Morgan fingerprint density at radius 2 is 1.85 bits per heavy atom. The van der Waals surface area contributed by atoms with Crippen LogP contribution in [0.2, 0.25) is 5.02 Å². The lowest BCUT2D eigenvalue weighted by atomic mass is 9.74. The number of hydrogen-bond donors (Lipinski definition) is 1. The molecule has 27 heavy (non-hydrogen) atoms. The summed E-state index contributed by atoms with van der Waals surface area (Å²) in [6, 6.07) is 2.18. The van der Waals surface area contributed by atoms with E-state index in [0.29, 0.717) is 37.2 Å². The van der Waals surface area contributed by atoms with Gasteiger partial charge < -0.3 is 4.74 Å². The van der Waals surface area contributed by atoms with Crippen LogP contribution in [0.25, 0.3) is 0 Å². The average molecular weight is 418 g/mol. The zero-order valence-electron chi connectivity index (χ0n) is 15.5. The third-order valence-electron chi connectivity index (χ3n) is 5.68. The Balaban J connectivity index is 1.70. The summed E-state index contributed by atoms with van der Waals surface area (Å²) in [6.07, 6.45) is 4.53. The highest BCUT2D eigenvalue weighted by Crippen LogP contribution is 2.36. The zero-order valence-corrected chi connectivity index (χ0v) is 17.1. The van der Waals surface area contributed by atoms with Crippen LogP contribution in [0.15, 0.2) is 12.1 Å². The van der Waals surface area contributed by atoms with Gasteiger partial charge in [-0.25, -0.2) is 17.5 Å². The largest absolute Gasteiger partial charge is 0.492 e. The lowest BCUT2D eigenvalue weighted by Gasteiger charge is -2.34. The molecule has 0 aliphatic heterocycles. The van der Waals surface area contributed by atoms with E-state index >= 15 is 0 Å². The molecule has 0 heterocycles. The number of sulfonamides is 1. The first-order valence-corrected chi connectivity index (χ1v) is 11.3. The number of amides is 1. The minimum atomic E-state index is -3.75. The highest BCUT2D eigenvalue weighted by molar-refractivity contribution is 7.91. The van der Waals surface area contributed by atoms with Crippen LogP contribution in [0.5, 0.6) is 5.75 Å². The second-order valence-electron chi connectivity index (χ2n) is 7.80. The van der Waals surface area contributed by atoms with Crippen LogP contribution in [0.3, 0.4) is 0 Å². The van der Waals surface area contributed by atoms with Crippen molar-refractivity contribution >= 4 is 27.5 Å². The van der Waals surface area contributed by atoms with Gasteiger partial charge in [0.25, 0.3) is 5.91 Å². The van der Waals surface area contributed by atoms with Crippen LogP contribution in [0.1, 0.15) is 56.3 Å². The zero-order chi connectivity index (χ0) is 19.8. The van der Waals surface area contributed by atoms with E-state index < -0.39 is 32.6 Å². The van der Waals surface area contributed by atoms with Gasteiger partial charge in [-0.1, -0.05) is 44.7 Å². The summed E-state index contributed by atoms with van der Waals surface area (Å²) in [5.74, 6) is -0.291. The van der Waals surface area contributed by atoms with Gasteiger partial charge in [0.15, 0.2) is 0 Å². The first-order valence-electron chi connectivity index (χ1n) is 9.37. The Kier molecular flexibility index (Phi) is 6.01. The number of rotatable bonds is 6. The molecule has 0 bridgehead atoms. The molecule has 2 atom stereocenters. The summed E-state index contributed by atoms with van der Waals surface area (Å²) in [4.78, 5) is 12.1. The van der Waals surface area contributed by atoms with E-state index in [4.69, 9.17) is 16.3 Å². The van der Waals surface area contributed by atoms with Crippen LogP contribution in [-0.4, -0.2) is 26.2 Å². The fourth-order valence-electron chi connectivity index (χ4n) is 3.72. The highest BCUT2D eigenvalue weighted by atomic mass is 35.5. The van der Waals surface area contributed by atoms with Crippen molar-refractivity contribution < 1.29 is 22.3 Å². The number of benzene rings is 1. The number of halogens is 2. The molecule has 2 fully saturated rings. The molecule has 1 amide bonds. The summed E-state index contributed by atoms with van der Waals surface area (Å²) >= 11 is 6.16. The SMILES string of the molecule is CC1CCCC(C)C1COc1cc(F)c(C(=O)NS(=O)(=O)C2CC2)cc1Cl. The Labute approximate surface area is 164 Å². The summed E-state index contributed by atoms with van der Waals surface area (Å²) in [7, 11) is -3.75. The Hall–Kier alpha value is -1.34. The van der Waals surface area contributed by atoms with Gasteiger partial charge in [-0.2, -0.15) is 0 Å². The van der Waals surface area contributed by atoms with Crippen LogP contribution < -0.4 is 9.46 Å². The summed E-state index contributed by atoms with van der Waals surface area (Å²) in [6.45, 7) is 4.82. The fraction of sp³-hybridized carbons (Fsp3) is 0.632. The fourth-order valence-corrected chi connectivity index (χ4v) is 5.23. The van der Waals surface area contributed by atoms with Crippen molar-refractivity contribution in [1.29, 1.82) is 0 Å². The standard InChI is InChI=1S/C19H25ClFNO4S/c1-11-4-3-5-12(2)15(11)10-26-18-9-17(21)14(8-16(18)20)19(23)22-27(24,25)13-6-7-13/h8-9,11-13,15H,3-7,10H2,1-2H3,(H,22,23). The van der Waals surface area contributed by atoms with Gasteiger partial charge >= 0.3 is 0 Å². The molecule has 2 unspecified atom stereocenters. The van der Waals surface area contributed by atoms with Gasteiger partial charge in [0, 0.05) is 6.07 Å². The molecule has 0 aromatic heterocycles. The van der Waals surface area contributed by atoms with Crippen molar-refractivity contribution in [2.45, 2.75) is 51.2 Å². The number of carbonyl (C=O) groups excluding carboxylic acids is 1. The van der Waals surface area contributed by atoms with Gasteiger partial charge in [-0.3, -0.25) is 4.79 Å². The average Bonchev–Trinajstić information content (AvgIpc) is 3.42. The second kappa shape index (κ2) is 7.95. The Bertz CT molecular complexity index is 815. The molecule has 0 spiro atoms. The minimum absolute atomic E-state index is 0.0847. The van der Waals surface area contributed by atoms with E-state index in [9.17, 15) is 17.6 Å². The van der Waals surface area contributed by atoms with Crippen molar-refractivity contribution in [1.82, 2.24) is 4.72 Å². The van der Waals surface area contributed by atoms with Crippen LogP contribution >= 0.6 is 11.6 Å². The van der Waals surface area contributed by atoms with E-state index in [1.807, 2.05) is 4.72 Å². The lowest BCUT2D eigenvalue weighted by Crippen LogP contribution is -2.33. The molecule has 2 saturated carbocycles. The third-order valence-corrected chi connectivity index (χ3v) is 7.79. The third kappa shape index (κ3) is 4.74. The van der Waals surface area contributed by atoms with Gasteiger partial charge in [0.05, 0.1) is 22.4 Å². The Morgan fingerprint density at radius 3 is 2.44 bits per heavy atom. The van der Waals surface area contributed by atoms with Crippen molar-refractivity contribution in [2.24, 2.45) is 17.8 Å². The van der Waals surface area contributed by atoms with Gasteiger partial charge in [0.2, 0.25) is 10.0 Å². The molecule has 150 valence electrons. The molecule has 1 aromatic carbocycles. The molecule has 1 aromatic rings. The van der Waals surface area contributed by atoms with Crippen LogP contribution in [0.4, 0.5) is 4.39 Å². The molecule has 3 rings (SSSR count). The summed E-state index contributed by atoms with van der Waals surface area (Å²) < 4.78 is 45.8. The van der Waals surface area contributed by atoms with E-state index in [2.05, 4.69) is 13.8 Å². The van der Waals surface area contributed by atoms with E-state index in [1.54, 1.807) is 0 Å². The molecule has 2 aliphatic carbocycles. The molecule has 2 aliphatic rings. The number of hydrogen-bond acceptors (Lipinski definition) is 4. The van der Waals surface area contributed by atoms with E-state index in [1.165, 1.54) is 6.42 Å². The number of nitrogens with one attached hydrogen (secondary N) is 1. The predicted molar refractivity (Wildman–Crippen MR) is 102 cm³/mol. The Morgan fingerprint density at radius 1 is 1.22 bits per heavy atom. The van der Waals surface area contributed by atoms with Gasteiger partial charge in [0.1, 0.15) is 11.6 Å². The number of carbonyl (C=O) groups is 1. The maximum absolute atomic E-state index is 14.4. The molecular formula is C19H25ClFNO4S. The quantitative estimate of drug-likeness (QED) is 0.754. The maximum Gasteiger partial charge on any atom is 0.267 e. The normalized spacial score (nSPS) is 25.9. The minimum Gasteiger partial charge on any atom is -0.492 e. The summed E-state index contributed by atoms with van der Waals surface area (Å²) in [5.41, 5.74) is -0.407. The monoisotopic (exact) mass is 417 g/mol.